The van der Waals surface area contributed by atoms with Crippen LogP contribution >= 0.6 is 0 Å². The van der Waals surface area contributed by atoms with Gasteiger partial charge in [0.15, 0.2) is 5.78 Å². The average molecular weight is 404 g/mol. The van der Waals surface area contributed by atoms with E-state index in [1.807, 2.05) is 6.07 Å². The highest BCUT2D eigenvalue weighted by atomic mass is 19.1. The molecule has 0 saturated heterocycles. The van der Waals surface area contributed by atoms with Crippen molar-refractivity contribution in [1.29, 1.82) is 5.26 Å². The van der Waals surface area contributed by atoms with Gasteiger partial charge >= 0.3 is 0 Å². The third kappa shape index (κ3) is 2.92. The molecule has 2 aromatic carbocycles. The van der Waals surface area contributed by atoms with Gasteiger partial charge < -0.3 is 5.73 Å². The highest BCUT2D eigenvalue weighted by molar-refractivity contribution is 6.01. The van der Waals surface area contributed by atoms with Crippen LogP contribution in [0.5, 0.6) is 0 Å². The number of rotatable bonds is 3. The van der Waals surface area contributed by atoms with Crippen LogP contribution in [0.4, 0.5) is 15.8 Å². The summed E-state index contributed by atoms with van der Waals surface area (Å²) in [6.07, 6.45) is 1.23. The molecule has 30 heavy (non-hydrogen) atoms. The minimum atomic E-state index is -0.970. The quantitative estimate of drug-likeness (QED) is 0.610. The Hall–Kier alpha value is -3.99. The third-order valence-electron chi connectivity index (χ3n) is 5.45. The molecule has 0 fully saturated rings. The normalized spacial score (nSPS) is 18.9. The third-order valence-corrected chi connectivity index (χ3v) is 5.45. The van der Waals surface area contributed by atoms with Crippen molar-refractivity contribution >= 4 is 17.2 Å². The van der Waals surface area contributed by atoms with Crippen molar-refractivity contribution in [2.45, 2.75) is 25.2 Å². The second-order valence-corrected chi connectivity index (χ2v) is 7.08. The Kier molecular flexibility index (Phi) is 4.80. The summed E-state index contributed by atoms with van der Waals surface area (Å²) in [7, 11) is 0. The van der Waals surface area contributed by atoms with Crippen LogP contribution in [0, 0.1) is 27.3 Å². The number of para-hydroxylation sites is 2. The lowest BCUT2D eigenvalue weighted by Crippen LogP contribution is -2.39. The number of carbonyl (C=O) groups excluding carboxylic acids is 1. The van der Waals surface area contributed by atoms with Crippen LogP contribution < -0.4 is 10.6 Å². The minimum Gasteiger partial charge on any atom is -0.384 e. The van der Waals surface area contributed by atoms with Crippen molar-refractivity contribution in [3.8, 4) is 6.07 Å². The fourth-order valence-corrected chi connectivity index (χ4v) is 4.20. The fourth-order valence-electron chi connectivity index (χ4n) is 4.20. The number of allylic oxidation sites excluding steroid dienone is 3. The summed E-state index contributed by atoms with van der Waals surface area (Å²) in [6.45, 7) is 0. The van der Waals surface area contributed by atoms with Crippen molar-refractivity contribution in [3.63, 3.8) is 0 Å². The summed E-state index contributed by atoms with van der Waals surface area (Å²) in [6, 6.07) is 14.0. The van der Waals surface area contributed by atoms with E-state index in [1.165, 1.54) is 41.3 Å². The van der Waals surface area contributed by atoms with E-state index in [9.17, 15) is 24.6 Å². The van der Waals surface area contributed by atoms with E-state index >= 15 is 0 Å². The van der Waals surface area contributed by atoms with Gasteiger partial charge in [-0.2, -0.15) is 5.26 Å². The summed E-state index contributed by atoms with van der Waals surface area (Å²) in [5, 5.41) is 21.5. The monoisotopic (exact) mass is 404 g/mol. The van der Waals surface area contributed by atoms with E-state index in [-0.39, 0.29) is 46.1 Å². The van der Waals surface area contributed by atoms with Crippen molar-refractivity contribution in [3.05, 3.63) is 92.7 Å². The summed E-state index contributed by atoms with van der Waals surface area (Å²) < 4.78 is 14.6. The molecule has 0 amide bonds. The lowest BCUT2D eigenvalue weighted by Gasteiger charge is -2.39. The summed E-state index contributed by atoms with van der Waals surface area (Å²) in [5.74, 6) is -1.77. The molecule has 1 aliphatic heterocycles. The topological polar surface area (TPSA) is 113 Å². The molecule has 2 aliphatic rings. The standard InChI is InChI=1S/C22H17FN4O3/c23-15-7-2-4-9-17(15)26-18-10-5-11-19(28)21(18)20(14(12-24)22(26)25)13-6-1-3-8-16(13)27(29)30/h1-4,6-9,20H,5,10-11,25H2/t20-/m0/s1. The van der Waals surface area contributed by atoms with E-state index < -0.39 is 16.7 Å². The Labute approximate surface area is 171 Å². The molecule has 0 saturated carbocycles. The van der Waals surface area contributed by atoms with Gasteiger partial charge in [0, 0.05) is 29.3 Å². The molecule has 1 atom stereocenters. The molecule has 1 heterocycles. The zero-order valence-electron chi connectivity index (χ0n) is 15.8. The summed E-state index contributed by atoms with van der Waals surface area (Å²) in [5.41, 5.74) is 7.23. The molecule has 150 valence electrons. The van der Waals surface area contributed by atoms with Crippen LogP contribution in [0.15, 0.2) is 71.2 Å². The second kappa shape index (κ2) is 7.44. The van der Waals surface area contributed by atoms with Crippen LogP contribution in [0.25, 0.3) is 0 Å². The molecule has 0 aromatic heterocycles. The first-order chi connectivity index (χ1) is 14.5. The van der Waals surface area contributed by atoms with E-state index in [2.05, 4.69) is 0 Å². The molecule has 0 spiro atoms. The van der Waals surface area contributed by atoms with Crippen molar-refractivity contribution in [2.75, 3.05) is 4.90 Å². The molecule has 2 aromatic rings. The molecule has 0 unspecified atom stereocenters. The molecule has 4 rings (SSSR count). The summed E-state index contributed by atoms with van der Waals surface area (Å²) >= 11 is 0. The van der Waals surface area contributed by atoms with Gasteiger partial charge in [0.2, 0.25) is 0 Å². The van der Waals surface area contributed by atoms with E-state index in [4.69, 9.17) is 5.73 Å². The smallest absolute Gasteiger partial charge is 0.273 e. The van der Waals surface area contributed by atoms with Gasteiger partial charge in [0.25, 0.3) is 5.69 Å². The lowest BCUT2D eigenvalue weighted by molar-refractivity contribution is -0.385. The van der Waals surface area contributed by atoms with Crippen LogP contribution in [0.3, 0.4) is 0 Å². The Bertz CT molecular complexity index is 1180. The first kappa shape index (κ1) is 19.3. The molecular weight excluding hydrogens is 387 g/mol. The molecule has 0 radical (unpaired) electrons. The van der Waals surface area contributed by atoms with E-state index in [1.54, 1.807) is 12.1 Å². The van der Waals surface area contributed by atoms with Crippen molar-refractivity contribution in [2.24, 2.45) is 5.73 Å². The van der Waals surface area contributed by atoms with Crippen LogP contribution in [0.2, 0.25) is 0 Å². The number of carbonyl (C=O) groups is 1. The minimum absolute atomic E-state index is 0.0125. The van der Waals surface area contributed by atoms with Gasteiger partial charge in [-0.25, -0.2) is 4.39 Å². The molecule has 2 N–H and O–H groups in total. The Balaban J connectivity index is 2.03. The number of benzene rings is 2. The Morgan fingerprint density at radius 1 is 1.17 bits per heavy atom. The maximum absolute atomic E-state index is 14.6. The highest BCUT2D eigenvalue weighted by Gasteiger charge is 2.42. The van der Waals surface area contributed by atoms with Gasteiger partial charge in [-0.1, -0.05) is 30.3 Å². The van der Waals surface area contributed by atoms with Gasteiger partial charge in [0.1, 0.15) is 11.6 Å². The van der Waals surface area contributed by atoms with E-state index in [0.29, 0.717) is 18.5 Å². The maximum Gasteiger partial charge on any atom is 0.273 e. The van der Waals surface area contributed by atoms with Gasteiger partial charge in [-0.05, 0) is 25.0 Å². The number of ketones is 1. The van der Waals surface area contributed by atoms with E-state index in [0.717, 1.165) is 0 Å². The molecule has 8 heteroatoms. The molecule has 7 nitrogen and oxygen atoms in total. The first-order valence-corrected chi connectivity index (χ1v) is 9.39. The highest BCUT2D eigenvalue weighted by Crippen LogP contribution is 2.48. The number of nitro groups is 1. The number of nitro benzene ring substituents is 1. The predicted molar refractivity (Wildman–Crippen MR) is 107 cm³/mol. The van der Waals surface area contributed by atoms with Crippen LogP contribution in [-0.4, -0.2) is 10.7 Å². The predicted octanol–water partition coefficient (Wildman–Crippen LogP) is 4.04. The Morgan fingerprint density at radius 2 is 1.87 bits per heavy atom. The summed E-state index contributed by atoms with van der Waals surface area (Å²) in [4.78, 5) is 25.5. The number of nitriles is 1. The molecule has 1 aliphatic carbocycles. The number of halogens is 1. The number of nitrogens with zero attached hydrogens (tertiary/aromatic N) is 3. The van der Waals surface area contributed by atoms with Gasteiger partial charge in [-0.15, -0.1) is 0 Å². The Morgan fingerprint density at radius 3 is 2.57 bits per heavy atom. The SMILES string of the molecule is N#CC1=C(N)N(c2ccccc2F)C2=C(C(=O)CCC2)[C@H]1c1ccccc1[N+](=O)[O-]. The molecule has 0 bridgehead atoms. The number of anilines is 1. The number of nitrogens with two attached hydrogens (primary N) is 1. The number of hydrogen-bond acceptors (Lipinski definition) is 6. The molecular formula is C22H17FN4O3. The number of hydrogen-bond donors (Lipinski definition) is 1. The second-order valence-electron chi connectivity index (χ2n) is 7.08. The maximum atomic E-state index is 14.6. The lowest BCUT2D eigenvalue weighted by atomic mass is 9.75. The number of Topliss-reactive ketones (excluding diaryl/α,β-unsaturated/α-hetero) is 1. The van der Waals surface area contributed by atoms with Gasteiger partial charge in [-0.3, -0.25) is 19.8 Å². The fraction of sp³-hybridized carbons (Fsp3) is 0.182. The zero-order chi connectivity index (χ0) is 21.4. The average Bonchev–Trinajstić information content (AvgIpc) is 2.74. The largest absolute Gasteiger partial charge is 0.384 e. The first-order valence-electron chi connectivity index (χ1n) is 9.39. The van der Waals surface area contributed by atoms with Crippen LogP contribution in [-0.2, 0) is 4.79 Å². The van der Waals surface area contributed by atoms with Crippen molar-refractivity contribution < 1.29 is 14.1 Å². The van der Waals surface area contributed by atoms with Gasteiger partial charge in [0.05, 0.1) is 28.2 Å². The zero-order valence-corrected chi connectivity index (χ0v) is 15.8. The van der Waals surface area contributed by atoms with Crippen molar-refractivity contribution in [1.82, 2.24) is 0 Å². The van der Waals surface area contributed by atoms with Crippen LogP contribution in [0.1, 0.15) is 30.7 Å².